The van der Waals surface area contributed by atoms with E-state index in [4.69, 9.17) is 5.26 Å². The van der Waals surface area contributed by atoms with Crippen LogP contribution in [0.15, 0.2) is 48.5 Å². The van der Waals surface area contributed by atoms with Crippen molar-refractivity contribution in [2.24, 2.45) is 0 Å². The van der Waals surface area contributed by atoms with Gasteiger partial charge in [-0.25, -0.2) is 0 Å². The van der Waals surface area contributed by atoms with Crippen LogP contribution in [0.1, 0.15) is 11.1 Å². The zero-order valence-electron chi connectivity index (χ0n) is 13.0. The predicted octanol–water partition coefficient (Wildman–Crippen LogP) is 2.16. The summed E-state index contributed by atoms with van der Waals surface area (Å²) in [6.45, 7) is 1.96. The summed E-state index contributed by atoms with van der Waals surface area (Å²) in [4.78, 5) is 13.3. The summed E-state index contributed by atoms with van der Waals surface area (Å²) in [6.07, 6.45) is 0. The molecule has 0 aliphatic rings. The van der Waals surface area contributed by atoms with Gasteiger partial charge < -0.3 is 5.32 Å². The second-order valence-electron chi connectivity index (χ2n) is 5.25. The minimum atomic E-state index is -0.271. The molecule has 0 spiro atoms. The Kier molecular flexibility index (Phi) is 4.29. The zero-order chi connectivity index (χ0) is 16.9. The second kappa shape index (κ2) is 6.71. The summed E-state index contributed by atoms with van der Waals surface area (Å²) in [6, 6.07) is 16.4. The van der Waals surface area contributed by atoms with Crippen molar-refractivity contribution in [1.82, 2.24) is 20.2 Å². The first-order valence-corrected chi connectivity index (χ1v) is 7.29. The molecule has 0 saturated carbocycles. The molecule has 0 aliphatic carbocycles. The van der Waals surface area contributed by atoms with Gasteiger partial charge in [-0.1, -0.05) is 29.8 Å². The maximum Gasteiger partial charge on any atom is 0.248 e. The molecule has 0 bridgehead atoms. The van der Waals surface area contributed by atoms with Crippen LogP contribution in [0.4, 0.5) is 5.69 Å². The molecule has 7 nitrogen and oxygen atoms in total. The summed E-state index contributed by atoms with van der Waals surface area (Å²) in [5.41, 5.74) is 3.14. The number of nitriles is 1. The second-order valence-corrected chi connectivity index (χ2v) is 5.25. The normalized spacial score (nSPS) is 10.2. The first-order chi connectivity index (χ1) is 11.6. The van der Waals surface area contributed by atoms with Crippen LogP contribution in [0.5, 0.6) is 0 Å². The van der Waals surface area contributed by atoms with Crippen molar-refractivity contribution in [3.63, 3.8) is 0 Å². The summed E-state index contributed by atoms with van der Waals surface area (Å²) in [5.74, 6) is 0.203. The molecule has 0 fully saturated rings. The molecular weight excluding hydrogens is 304 g/mol. The highest BCUT2D eigenvalue weighted by Gasteiger charge is 2.09. The number of anilines is 1. The molecule has 118 valence electrons. The van der Waals surface area contributed by atoms with E-state index in [2.05, 4.69) is 20.7 Å². The van der Waals surface area contributed by atoms with E-state index in [0.717, 1.165) is 11.1 Å². The number of rotatable bonds is 4. The van der Waals surface area contributed by atoms with E-state index in [-0.39, 0.29) is 12.5 Å². The van der Waals surface area contributed by atoms with Gasteiger partial charge in [0.05, 0.1) is 11.6 Å². The van der Waals surface area contributed by atoms with E-state index < -0.39 is 0 Å². The number of tetrazole rings is 1. The standard InChI is InChI=1S/C17H14N6O/c1-12-2-6-14(7-3-12)17-20-22-23(21-17)11-16(24)19-15-8-4-13(10-18)5-9-15/h2-9H,11H2,1H3,(H,19,24). The molecular formula is C17H14N6O. The van der Waals surface area contributed by atoms with Gasteiger partial charge >= 0.3 is 0 Å². The lowest BCUT2D eigenvalue weighted by molar-refractivity contribution is -0.117. The maximum absolute atomic E-state index is 12.0. The van der Waals surface area contributed by atoms with Crippen molar-refractivity contribution in [2.45, 2.75) is 13.5 Å². The number of aromatic nitrogens is 4. The van der Waals surface area contributed by atoms with Gasteiger partial charge in [-0.05, 0) is 36.4 Å². The number of aryl methyl sites for hydroxylation is 1. The minimum absolute atomic E-state index is 0.0428. The topological polar surface area (TPSA) is 96.5 Å². The molecule has 0 radical (unpaired) electrons. The SMILES string of the molecule is Cc1ccc(-c2nnn(CC(=O)Nc3ccc(C#N)cc3)n2)cc1. The molecule has 7 heteroatoms. The van der Waals surface area contributed by atoms with Gasteiger partial charge in [0.2, 0.25) is 11.7 Å². The van der Waals surface area contributed by atoms with Crippen LogP contribution in [0.3, 0.4) is 0 Å². The highest BCUT2D eigenvalue weighted by atomic mass is 16.2. The number of hydrogen-bond acceptors (Lipinski definition) is 5. The third-order valence-electron chi connectivity index (χ3n) is 3.35. The first-order valence-electron chi connectivity index (χ1n) is 7.29. The van der Waals surface area contributed by atoms with Gasteiger partial charge in [-0.3, -0.25) is 4.79 Å². The van der Waals surface area contributed by atoms with Crippen LogP contribution in [0, 0.1) is 18.3 Å². The number of nitrogens with zero attached hydrogens (tertiary/aromatic N) is 5. The molecule has 2 aromatic carbocycles. The Morgan fingerprint density at radius 3 is 2.54 bits per heavy atom. The average molecular weight is 318 g/mol. The minimum Gasteiger partial charge on any atom is -0.324 e. The quantitative estimate of drug-likeness (QED) is 0.795. The van der Waals surface area contributed by atoms with Gasteiger partial charge in [-0.15, -0.1) is 10.2 Å². The molecule has 1 amide bonds. The van der Waals surface area contributed by atoms with E-state index in [1.807, 2.05) is 37.3 Å². The monoisotopic (exact) mass is 318 g/mol. The zero-order valence-corrected chi connectivity index (χ0v) is 13.0. The van der Waals surface area contributed by atoms with Crippen molar-refractivity contribution < 1.29 is 4.79 Å². The molecule has 1 N–H and O–H groups in total. The van der Waals surface area contributed by atoms with E-state index in [0.29, 0.717) is 17.1 Å². The van der Waals surface area contributed by atoms with E-state index >= 15 is 0 Å². The van der Waals surface area contributed by atoms with Crippen LogP contribution in [0.25, 0.3) is 11.4 Å². The van der Waals surface area contributed by atoms with E-state index in [1.54, 1.807) is 24.3 Å². The molecule has 0 unspecified atom stereocenters. The fourth-order valence-corrected chi connectivity index (χ4v) is 2.09. The molecule has 24 heavy (non-hydrogen) atoms. The number of amides is 1. The molecule has 0 saturated heterocycles. The van der Waals surface area contributed by atoms with Gasteiger partial charge in [-0.2, -0.15) is 10.1 Å². The molecule has 3 aromatic rings. The largest absolute Gasteiger partial charge is 0.324 e. The molecule has 0 atom stereocenters. The van der Waals surface area contributed by atoms with Crippen LogP contribution in [-0.2, 0) is 11.3 Å². The van der Waals surface area contributed by atoms with Crippen LogP contribution >= 0.6 is 0 Å². The lowest BCUT2D eigenvalue weighted by atomic mass is 10.1. The lowest BCUT2D eigenvalue weighted by Gasteiger charge is -2.04. The van der Waals surface area contributed by atoms with Gasteiger partial charge in [0.1, 0.15) is 6.54 Å². The van der Waals surface area contributed by atoms with Crippen molar-refractivity contribution in [2.75, 3.05) is 5.32 Å². The fraction of sp³-hybridized carbons (Fsp3) is 0.118. The summed E-state index contributed by atoms with van der Waals surface area (Å²) >= 11 is 0. The Hall–Kier alpha value is -3.53. The number of nitrogens with one attached hydrogen (secondary N) is 1. The van der Waals surface area contributed by atoms with Crippen LogP contribution in [0.2, 0.25) is 0 Å². The first kappa shape index (κ1) is 15.4. The van der Waals surface area contributed by atoms with Crippen LogP contribution < -0.4 is 5.32 Å². The number of hydrogen-bond donors (Lipinski definition) is 1. The van der Waals surface area contributed by atoms with E-state index in [9.17, 15) is 4.79 Å². The van der Waals surface area contributed by atoms with Gasteiger partial charge in [0.15, 0.2) is 0 Å². The molecule has 1 aromatic heterocycles. The van der Waals surface area contributed by atoms with Crippen LogP contribution in [-0.4, -0.2) is 26.1 Å². The van der Waals surface area contributed by atoms with Gasteiger partial charge in [0, 0.05) is 11.3 Å². The predicted molar refractivity (Wildman–Crippen MR) is 87.8 cm³/mol. The average Bonchev–Trinajstić information content (AvgIpc) is 3.04. The third kappa shape index (κ3) is 3.62. The Morgan fingerprint density at radius 1 is 1.17 bits per heavy atom. The Balaban J connectivity index is 1.64. The summed E-state index contributed by atoms with van der Waals surface area (Å²) < 4.78 is 0. The Bertz CT molecular complexity index is 890. The smallest absolute Gasteiger partial charge is 0.248 e. The number of benzene rings is 2. The Morgan fingerprint density at radius 2 is 1.88 bits per heavy atom. The van der Waals surface area contributed by atoms with Crippen molar-refractivity contribution in [1.29, 1.82) is 5.26 Å². The van der Waals surface area contributed by atoms with Crippen molar-refractivity contribution >= 4 is 11.6 Å². The molecule has 1 heterocycles. The number of carbonyl (C=O) groups excluding carboxylic acids is 1. The summed E-state index contributed by atoms with van der Waals surface area (Å²) in [5, 5.41) is 23.5. The molecule has 0 aliphatic heterocycles. The third-order valence-corrected chi connectivity index (χ3v) is 3.35. The lowest BCUT2D eigenvalue weighted by Crippen LogP contribution is -2.20. The van der Waals surface area contributed by atoms with Crippen molar-refractivity contribution in [3.8, 4) is 17.5 Å². The molecule has 3 rings (SSSR count). The summed E-state index contributed by atoms with van der Waals surface area (Å²) in [7, 11) is 0. The van der Waals surface area contributed by atoms with E-state index in [1.165, 1.54) is 4.80 Å². The van der Waals surface area contributed by atoms with Gasteiger partial charge in [0.25, 0.3) is 0 Å². The van der Waals surface area contributed by atoms with Crippen molar-refractivity contribution in [3.05, 3.63) is 59.7 Å². The highest BCUT2D eigenvalue weighted by molar-refractivity contribution is 5.90. The number of carbonyl (C=O) groups is 1. The Labute approximate surface area is 138 Å². The highest BCUT2D eigenvalue weighted by Crippen LogP contribution is 2.14. The fourth-order valence-electron chi connectivity index (χ4n) is 2.09. The maximum atomic E-state index is 12.0.